The zero-order valence-electron chi connectivity index (χ0n) is 10.9. The van der Waals surface area contributed by atoms with Crippen molar-refractivity contribution in [3.05, 3.63) is 48.7 Å². The highest BCUT2D eigenvalue weighted by molar-refractivity contribution is 6.16. The van der Waals surface area contributed by atoms with Gasteiger partial charge in [-0.3, -0.25) is 0 Å². The van der Waals surface area contributed by atoms with Gasteiger partial charge in [0.15, 0.2) is 6.20 Å². The predicted molar refractivity (Wildman–Crippen MR) is 76.2 cm³/mol. The average Bonchev–Trinajstić information content (AvgIpc) is 2.77. The van der Waals surface area contributed by atoms with Gasteiger partial charge in [0.2, 0.25) is 5.52 Å². The van der Waals surface area contributed by atoms with E-state index in [4.69, 9.17) is 0 Å². The number of nitrogens with zero attached hydrogens (tertiary/aromatic N) is 1. The van der Waals surface area contributed by atoms with Gasteiger partial charge in [0, 0.05) is 28.4 Å². The summed E-state index contributed by atoms with van der Waals surface area (Å²) in [5.74, 6) is 0.298. The highest BCUT2D eigenvalue weighted by Crippen LogP contribution is 2.31. The molecule has 20 heavy (non-hydrogen) atoms. The molecule has 0 aliphatic carbocycles. The van der Waals surface area contributed by atoms with Gasteiger partial charge < -0.3 is 34.1 Å². The third-order valence-electron chi connectivity index (χ3n) is 3.73. The summed E-state index contributed by atoms with van der Waals surface area (Å²) in [4.78, 5) is 3.45. The molecule has 0 bridgehead atoms. The van der Waals surface area contributed by atoms with Gasteiger partial charge in [0.1, 0.15) is 12.8 Å². The first-order valence-corrected chi connectivity index (χ1v) is 6.26. The molecule has 2 heterocycles. The van der Waals surface area contributed by atoms with E-state index in [0.717, 1.165) is 21.8 Å². The smallest absolute Gasteiger partial charge is 0.214 e. The van der Waals surface area contributed by atoms with Crippen LogP contribution in [0.4, 0.5) is 0 Å². The van der Waals surface area contributed by atoms with Gasteiger partial charge in [-0.05, 0) is 30.3 Å². The minimum absolute atomic E-state index is 0. The molecule has 0 aliphatic heterocycles. The van der Waals surface area contributed by atoms with Crippen molar-refractivity contribution >= 4 is 32.7 Å². The molecular formula is C16H13IN2O. The number of aromatic amines is 1. The van der Waals surface area contributed by atoms with Crippen LogP contribution in [-0.4, -0.2) is 10.1 Å². The summed E-state index contributed by atoms with van der Waals surface area (Å²) in [6.07, 6.45) is 2.04. The molecule has 3 nitrogen and oxygen atoms in total. The molecule has 0 saturated heterocycles. The summed E-state index contributed by atoms with van der Waals surface area (Å²) in [5, 5.41) is 13.0. The molecule has 0 aliphatic rings. The van der Waals surface area contributed by atoms with Crippen LogP contribution in [0.15, 0.2) is 48.7 Å². The Balaban J connectivity index is 0.00000121. The second-order valence-electron chi connectivity index (χ2n) is 4.89. The predicted octanol–water partition coefficient (Wildman–Crippen LogP) is 0.00840. The van der Waals surface area contributed by atoms with Crippen molar-refractivity contribution in [2.75, 3.05) is 0 Å². The lowest BCUT2D eigenvalue weighted by molar-refractivity contribution is -0.644. The summed E-state index contributed by atoms with van der Waals surface area (Å²) in [5.41, 5.74) is 3.35. The van der Waals surface area contributed by atoms with E-state index < -0.39 is 0 Å². The van der Waals surface area contributed by atoms with Gasteiger partial charge in [-0.25, -0.2) is 4.57 Å². The van der Waals surface area contributed by atoms with E-state index in [1.165, 1.54) is 10.9 Å². The number of hydrogen-bond acceptors (Lipinski definition) is 1. The molecule has 2 aromatic heterocycles. The maximum Gasteiger partial charge on any atom is 0.214 e. The van der Waals surface area contributed by atoms with E-state index in [9.17, 15) is 5.11 Å². The summed E-state index contributed by atoms with van der Waals surface area (Å²) < 4.78 is 2.11. The first kappa shape index (κ1) is 13.2. The number of aromatic hydroxyl groups is 1. The zero-order chi connectivity index (χ0) is 13.0. The lowest BCUT2D eigenvalue weighted by Crippen LogP contribution is -3.00. The Hall–Kier alpha value is -1.82. The fourth-order valence-corrected chi connectivity index (χ4v) is 2.79. The fraction of sp³-hybridized carbons (Fsp3) is 0.0625. The Labute approximate surface area is 132 Å². The number of H-pyrrole nitrogens is 1. The summed E-state index contributed by atoms with van der Waals surface area (Å²) in [6, 6.07) is 13.8. The number of hydrogen-bond donors (Lipinski definition) is 2. The first-order chi connectivity index (χ1) is 9.24. The molecule has 2 aromatic carbocycles. The Morgan fingerprint density at radius 3 is 2.70 bits per heavy atom. The number of pyridine rings is 1. The quantitative estimate of drug-likeness (QED) is 0.330. The number of benzene rings is 2. The molecule has 4 heteroatoms. The van der Waals surface area contributed by atoms with Crippen molar-refractivity contribution in [2.24, 2.45) is 7.05 Å². The number of aromatic nitrogens is 2. The van der Waals surface area contributed by atoms with Crippen LogP contribution < -0.4 is 28.5 Å². The number of aryl methyl sites for hydroxylation is 1. The third-order valence-corrected chi connectivity index (χ3v) is 3.73. The van der Waals surface area contributed by atoms with Gasteiger partial charge >= 0.3 is 0 Å². The van der Waals surface area contributed by atoms with Crippen molar-refractivity contribution in [2.45, 2.75) is 0 Å². The molecule has 0 radical (unpaired) electrons. The van der Waals surface area contributed by atoms with Crippen LogP contribution in [0.3, 0.4) is 0 Å². The number of phenols is 1. The second kappa shape index (κ2) is 4.63. The van der Waals surface area contributed by atoms with E-state index in [2.05, 4.69) is 27.8 Å². The summed E-state index contributed by atoms with van der Waals surface area (Å²) >= 11 is 0. The van der Waals surface area contributed by atoms with Crippen LogP contribution in [0.5, 0.6) is 5.75 Å². The monoisotopic (exact) mass is 376 g/mol. The molecule has 0 fully saturated rings. The minimum atomic E-state index is 0. The molecule has 100 valence electrons. The molecule has 2 N–H and O–H groups in total. The fourth-order valence-electron chi connectivity index (χ4n) is 2.79. The van der Waals surface area contributed by atoms with E-state index in [1.54, 1.807) is 6.07 Å². The van der Waals surface area contributed by atoms with Crippen molar-refractivity contribution in [3.63, 3.8) is 0 Å². The van der Waals surface area contributed by atoms with Crippen LogP contribution in [0.2, 0.25) is 0 Å². The van der Waals surface area contributed by atoms with Crippen molar-refractivity contribution in [1.82, 2.24) is 4.98 Å². The molecule has 0 spiro atoms. The Morgan fingerprint density at radius 2 is 1.85 bits per heavy atom. The van der Waals surface area contributed by atoms with Crippen LogP contribution in [0.1, 0.15) is 0 Å². The Morgan fingerprint density at radius 1 is 1.00 bits per heavy atom. The number of rotatable bonds is 0. The van der Waals surface area contributed by atoms with Crippen molar-refractivity contribution in [3.8, 4) is 5.75 Å². The molecule has 0 amide bonds. The average molecular weight is 376 g/mol. The third kappa shape index (κ3) is 1.75. The second-order valence-corrected chi connectivity index (χ2v) is 4.89. The van der Waals surface area contributed by atoms with Gasteiger partial charge in [-0.15, -0.1) is 0 Å². The van der Waals surface area contributed by atoms with Crippen molar-refractivity contribution < 1.29 is 33.7 Å². The van der Waals surface area contributed by atoms with Crippen LogP contribution in [0, 0.1) is 0 Å². The Bertz CT molecular complexity index is 943. The first-order valence-electron chi connectivity index (χ1n) is 6.26. The molecule has 0 saturated carbocycles. The highest BCUT2D eigenvalue weighted by atomic mass is 127. The molecule has 0 unspecified atom stereocenters. The largest absolute Gasteiger partial charge is 1.00 e. The minimum Gasteiger partial charge on any atom is -1.00 e. The van der Waals surface area contributed by atoms with Crippen LogP contribution in [0.25, 0.3) is 32.7 Å². The Kier molecular flexibility index (Phi) is 3.05. The lowest BCUT2D eigenvalue weighted by atomic mass is 10.1. The van der Waals surface area contributed by atoms with Crippen LogP contribution >= 0.6 is 0 Å². The topological polar surface area (TPSA) is 39.9 Å². The standard InChI is InChI=1S/C16H12N2O.HI/c1-18-8-2-3-12-15(18)7-5-11-13-9-10(19)4-6-14(13)17-16(11)12;/h2-9,19H,1H3;1H. The maximum absolute atomic E-state index is 9.65. The van der Waals surface area contributed by atoms with Gasteiger partial charge in [0.05, 0.1) is 10.9 Å². The van der Waals surface area contributed by atoms with Crippen LogP contribution in [-0.2, 0) is 7.05 Å². The summed E-state index contributed by atoms with van der Waals surface area (Å²) in [7, 11) is 2.04. The molecular weight excluding hydrogens is 363 g/mol. The number of fused-ring (bicyclic) bond motifs is 5. The molecule has 4 aromatic rings. The van der Waals surface area contributed by atoms with E-state index in [-0.39, 0.29) is 24.0 Å². The SMILES string of the molecule is C[n+]1cccc2c3[nH]c4ccc(O)cc4c3ccc21.[I-]. The van der Waals surface area contributed by atoms with E-state index in [0.29, 0.717) is 5.75 Å². The molecule has 0 atom stereocenters. The molecule has 4 rings (SSSR count). The van der Waals surface area contributed by atoms with Gasteiger partial charge in [0.25, 0.3) is 0 Å². The zero-order valence-corrected chi connectivity index (χ0v) is 13.0. The number of phenolic OH excluding ortho intramolecular Hbond substituents is 1. The maximum atomic E-state index is 9.65. The summed E-state index contributed by atoms with van der Waals surface area (Å²) in [6.45, 7) is 0. The van der Waals surface area contributed by atoms with Gasteiger partial charge in [-0.2, -0.15) is 0 Å². The highest BCUT2D eigenvalue weighted by Gasteiger charge is 2.12. The number of halogens is 1. The lowest BCUT2D eigenvalue weighted by Gasteiger charge is -1.98. The normalized spacial score (nSPS) is 11.1. The van der Waals surface area contributed by atoms with E-state index >= 15 is 0 Å². The number of nitrogens with one attached hydrogen (secondary N) is 1. The van der Waals surface area contributed by atoms with Gasteiger partial charge in [-0.1, -0.05) is 0 Å². The van der Waals surface area contributed by atoms with Crippen molar-refractivity contribution in [1.29, 1.82) is 0 Å². The van der Waals surface area contributed by atoms with E-state index in [1.807, 2.05) is 31.4 Å².